The van der Waals surface area contributed by atoms with Crippen LogP contribution in [-0.2, 0) is 16.6 Å². The lowest BCUT2D eigenvalue weighted by molar-refractivity contribution is 0.0950. The van der Waals surface area contributed by atoms with Gasteiger partial charge in [-0.2, -0.15) is 5.10 Å². The summed E-state index contributed by atoms with van der Waals surface area (Å²) in [6, 6.07) is 18.8. The zero-order valence-electron chi connectivity index (χ0n) is 18.6. The van der Waals surface area contributed by atoms with Crippen molar-refractivity contribution in [1.29, 1.82) is 0 Å². The van der Waals surface area contributed by atoms with E-state index >= 15 is 0 Å². The second kappa shape index (κ2) is 9.75. The van der Waals surface area contributed by atoms with Crippen molar-refractivity contribution in [3.8, 4) is 11.4 Å². The van der Waals surface area contributed by atoms with E-state index < -0.39 is 10.0 Å². The van der Waals surface area contributed by atoms with Gasteiger partial charge in [0.25, 0.3) is 15.9 Å². The maximum absolute atomic E-state index is 13.1. The van der Waals surface area contributed by atoms with Gasteiger partial charge in [-0.25, -0.2) is 18.1 Å². The number of rotatable bonds is 8. The molecule has 0 aliphatic heterocycles. The summed E-state index contributed by atoms with van der Waals surface area (Å²) in [5.74, 6) is 0.0153. The molecule has 10 heteroatoms. The van der Waals surface area contributed by atoms with Gasteiger partial charge in [-0.05, 0) is 54.4 Å². The average molecular weight is 478 g/mol. The zero-order valence-corrected chi connectivity index (χ0v) is 19.4. The van der Waals surface area contributed by atoms with Crippen LogP contribution in [0, 0.1) is 6.92 Å². The Kier molecular flexibility index (Phi) is 6.60. The quantitative estimate of drug-likeness (QED) is 0.402. The number of nitrogens with one attached hydrogen (secondary N) is 2. The van der Waals surface area contributed by atoms with E-state index in [1.54, 1.807) is 54.3 Å². The van der Waals surface area contributed by atoms with E-state index in [9.17, 15) is 13.2 Å². The number of hydrogen-bond donors (Lipinski definition) is 2. The van der Waals surface area contributed by atoms with Gasteiger partial charge >= 0.3 is 0 Å². The third-order valence-electron chi connectivity index (χ3n) is 5.16. The number of hydrogen-bond acceptors (Lipinski definition) is 6. The normalized spacial score (nSPS) is 11.1. The van der Waals surface area contributed by atoms with E-state index in [0.29, 0.717) is 17.0 Å². The van der Waals surface area contributed by atoms with Crippen molar-refractivity contribution in [2.45, 2.75) is 18.4 Å². The van der Waals surface area contributed by atoms with Crippen LogP contribution in [-0.4, -0.2) is 36.2 Å². The first-order chi connectivity index (χ1) is 16.4. The molecule has 174 valence electrons. The number of benzene rings is 3. The summed E-state index contributed by atoms with van der Waals surface area (Å²) >= 11 is 0. The van der Waals surface area contributed by atoms with Gasteiger partial charge in [0.05, 0.1) is 23.4 Å². The molecule has 1 amide bonds. The molecule has 2 N–H and O–H groups in total. The minimum Gasteiger partial charge on any atom is -0.495 e. The number of sulfonamides is 1. The Morgan fingerprint density at radius 1 is 1.06 bits per heavy atom. The van der Waals surface area contributed by atoms with Crippen LogP contribution in [0.3, 0.4) is 0 Å². The van der Waals surface area contributed by atoms with Crippen LogP contribution in [0.4, 0.5) is 5.69 Å². The van der Waals surface area contributed by atoms with Crippen molar-refractivity contribution in [3.63, 3.8) is 0 Å². The molecule has 0 bridgehead atoms. The summed E-state index contributed by atoms with van der Waals surface area (Å²) in [6.07, 6.45) is 3.05. The molecule has 0 fully saturated rings. The molecule has 0 saturated heterocycles. The molecule has 0 unspecified atom stereocenters. The van der Waals surface area contributed by atoms with E-state index in [1.165, 1.54) is 19.5 Å². The van der Waals surface area contributed by atoms with Crippen LogP contribution in [0.25, 0.3) is 5.69 Å². The van der Waals surface area contributed by atoms with Crippen LogP contribution in [0.1, 0.15) is 21.5 Å². The molecule has 0 spiro atoms. The number of aryl methyl sites for hydroxylation is 1. The fourth-order valence-corrected chi connectivity index (χ4v) is 4.69. The maximum atomic E-state index is 13.1. The zero-order chi connectivity index (χ0) is 24.1. The highest BCUT2D eigenvalue weighted by molar-refractivity contribution is 7.92. The van der Waals surface area contributed by atoms with Crippen molar-refractivity contribution in [3.05, 3.63) is 96.1 Å². The number of nitrogens with zero attached hydrogens (tertiary/aromatic N) is 3. The first-order valence-electron chi connectivity index (χ1n) is 10.4. The first-order valence-corrected chi connectivity index (χ1v) is 11.8. The molecule has 34 heavy (non-hydrogen) atoms. The van der Waals surface area contributed by atoms with Crippen molar-refractivity contribution in [1.82, 2.24) is 20.1 Å². The summed E-state index contributed by atoms with van der Waals surface area (Å²) in [4.78, 5) is 16.7. The fourth-order valence-electron chi connectivity index (χ4n) is 3.35. The number of methoxy groups -OCH3 is 1. The molecule has 1 heterocycles. The number of ether oxygens (including phenoxy) is 1. The molecule has 0 atom stereocenters. The number of para-hydroxylation sites is 2. The lowest BCUT2D eigenvalue weighted by Crippen LogP contribution is -2.23. The summed E-state index contributed by atoms with van der Waals surface area (Å²) in [5.41, 5.74) is 2.81. The van der Waals surface area contributed by atoms with Crippen LogP contribution < -0.4 is 14.8 Å². The number of amides is 1. The molecule has 3 aromatic carbocycles. The molecular weight excluding hydrogens is 454 g/mol. The van der Waals surface area contributed by atoms with Gasteiger partial charge in [-0.1, -0.05) is 30.3 Å². The number of carbonyl (C=O) groups is 1. The molecule has 0 aliphatic carbocycles. The summed E-state index contributed by atoms with van der Waals surface area (Å²) in [6.45, 7) is 1.96. The van der Waals surface area contributed by atoms with E-state index in [4.69, 9.17) is 4.74 Å². The Balaban J connectivity index is 1.48. The van der Waals surface area contributed by atoms with Gasteiger partial charge in [0, 0.05) is 12.1 Å². The van der Waals surface area contributed by atoms with Gasteiger partial charge in [0.1, 0.15) is 18.4 Å². The lowest BCUT2D eigenvalue weighted by Gasteiger charge is -2.14. The largest absolute Gasteiger partial charge is 0.495 e. The van der Waals surface area contributed by atoms with Gasteiger partial charge in [0.15, 0.2) is 0 Å². The Hall–Kier alpha value is -4.18. The molecule has 0 radical (unpaired) electrons. The lowest BCUT2D eigenvalue weighted by atomic mass is 10.1. The smallest absolute Gasteiger partial charge is 0.262 e. The van der Waals surface area contributed by atoms with Crippen LogP contribution >= 0.6 is 0 Å². The predicted octanol–water partition coefficient (Wildman–Crippen LogP) is 3.32. The molecule has 0 saturated carbocycles. The van der Waals surface area contributed by atoms with E-state index in [1.807, 2.05) is 24.3 Å². The summed E-state index contributed by atoms with van der Waals surface area (Å²) < 4.78 is 35.5. The minimum atomic E-state index is -3.95. The first kappa shape index (κ1) is 23.0. The van der Waals surface area contributed by atoms with Crippen LogP contribution in [0.5, 0.6) is 5.75 Å². The van der Waals surface area contributed by atoms with E-state index in [2.05, 4.69) is 20.1 Å². The topological polar surface area (TPSA) is 115 Å². The van der Waals surface area contributed by atoms with Crippen LogP contribution in [0.15, 0.2) is 84.3 Å². The molecule has 1 aromatic heterocycles. The SMILES string of the molecule is COc1ccccc1NS(=O)(=O)c1cc(C(=O)NCc2ccc(-n3cncn3)cc2)ccc1C. The van der Waals surface area contributed by atoms with Gasteiger partial charge in [-0.3, -0.25) is 9.52 Å². The van der Waals surface area contributed by atoms with Crippen molar-refractivity contribution in [2.24, 2.45) is 0 Å². The highest BCUT2D eigenvalue weighted by atomic mass is 32.2. The Labute approximate surface area is 197 Å². The van der Waals surface area contributed by atoms with E-state index in [0.717, 1.165) is 11.3 Å². The molecule has 4 rings (SSSR count). The third-order valence-corrected chi connectivity index (χ3v) is 6.67. The molecule has 4 aromatic rings. The molecular formula is C24H23N5O4S. The molecule has 0 aliphatic rings. The van der Waals surface area contributed by atoms with Gasteiger partial charge in [-0.15, -0.1) is 0 Å². The summed E-state index contributed by atoms with van der Waals surface area (Å²) in [7, 11) is -2.49. The third kappa shape index (κ3) is 5.07. The van der Waals surface area contributed by atoms with Gasteiger partial charge in [0.2, 0.25) is 0 Å². The van der Waals surface area contributed by atoms with Crippen molar-refractivity contribution in [2.75, 3.05) is 11.8 Å². The second-order valence-electron chi connectivity index (χ2n) is 7.48. The Bertz CT molecular complexity index is 1400. The monoisotopic (exact) mass is 477 g/mol. The predicted molar refractivity (Wildman–Crippen MR) is 128 cm³/mol. The highest BCUT2D eigenvalue weighted by Gasteiger charge is 2.20. The average Bonchev–Trinajstić information content (AvgIpc) is 3.38. The molecule has 9 nitrogen and oxygen atoms in total. The van der Waals surface area contributed by atoms with Crippen molar-refractivity contribution >= 4 is 21.6 Å². The fraction of sp³-hybridized carbons (Fsp3) is 0.125. The summed E-state index contributed by atoms with van der Waals surface area (Å²) in [5, 5.41) is 6.90. The highest BCUT2D eigenvalue weighted by Crippen LogP contribution is 2.27. The van der Waals surface area contributed by atoms with Crippen LogP contribution in [0.2, 0.25) is 0 Å². The Morgan fingerprint density at radius 2 is 1.82 bits per heavy atom. The number of anilines is 1. The van der Waals surface area contributed by atoms with E-state index in [-0.39, 0.29) is 22.9 Å². The van der Waals surface area contributed by atoms with Gasteiger partial charge < -0.3 is 10.1 Å². The number of aromatic nitrogens is 3. The number of carbonyl (C=O) groups excluding carboxylic acids is 1. The standard InChI is InChI=1S/C24H23N5O4S/c1-17-7-10-19(13-23(17)34(31,32)28-21-5-3-4-6-22(21)33-2)24(30)26-14-18-8-11-20(12-9-18)29-16-25-15-27-29/h3-13,15-16,28H,14H2,1-2H3,(H,26,30). The van der Waals surface area contributed by atoms with Crippen molar-refractivity contribution < 1.29 is 17.9 Å². The Morgan fingerprint density at radius 3 is 2.53 bits per heavy atom. The second-order valence-corrected chi connectivity index (χ2v) is 9.13. The maximum Gasteiger partial charge on any atom is 0.262 e. The minimum absolute atomic E-state index is 0.0169.